The molecule has 144 valence electrons. The summed E-state index contributed by atoms with van der Waals surface area (Å²) in [5.41, 5.74) is 1.52. The number of amides is 1. The van der Waals surface area contributed by atoms with Crippen LogP contribution in [-0.2, 0) is 27.8 Å². The fourth-order valence-electron chi connectivity index (χ4n) is 2.94. The van der Waals surface area contributed by atoms with Gasteiger partial charge in [-0.05, 0) is 31.5 Å². The summed E-state index contributed by atoms with van der Waals surface area (Å²) in [6.07, 6.45) is 1.85. The van der Waals surface area contributed by atoms with Crippen LogP contribution in [0.1, 0.15) is 32.5 Å². The normalized spacial score (nSPS) is 12.1. The predicted octanol–water partition coefficient (Wildman–Crippen LogP) is 2.11. The predicted molar refractivity (Wildman–Crippen MR) is 103 cm³/mol. The van der Waals surface area contributed by atoms with Gasteiger partial charge in [-0.2, -0.15) is 0 Å². The molecular weight excluding hydrogens is 352 g/mol. The Morgan fingerprint density at radius 2 is 1.88 bits per heavy atom. The number of nitrogens with zero attached hydrogens (tertiary/aromatic N) is 4. The highest BCUT2D eigenvalue weighted by molar-refractivity contribution is 7.89. The summed E-state index contributed by atoms with van der Waals surface area (Å²) in [7, 11) is 1.33. The van der Waals surface area contributed by atoms with E-state index in [-0.39, 0.29) is 10.8 Å². The van der Waals surface area contributed by atoms with Crippen LogP contribution in [0, 0.1) is 0 Å². The average molecular weight is 381 g/mol. The molecule has 8 heteroatoms. The fraction of sp³-hybridized carbons (Fsp3) is 0.556. The van der Waals surface area contributed by atoms with Crippen molar-refractivity contribution in [1.29, 1.82) is 0 Å². The molecule has 0 fully saturated rings. The van der Waals surface area contributed by atoms with Crippen molar-refractivity contribution in [3.63, 3.8) is 0 Å². The molecule has 26 heavy (non-hydrogen) atoms. The molecule has 0 spiro atoms. The maximum absolute atomic E-state index is 12.3. The molecule has 0 bridgehead atoms. The summed E-state index contributed by atoms with van der Waals surface area (Å²) in [6, 6.07) is 5.00. The summed E-state index contributed by atoms with van der Waals surface area (Å²) < 4.78 is 27.9. The molecule has 1 heterocycles. The molecule has 1 aromatic carbocycles. The van der Waals surface area contributed by atoms with Crippen molar-refractivity contribution >= 4 is 27.0 Å². The maximum atomic E-state index is 12.3. The van der Waals surface area contributed by atoms with Gasteiger partial charge in [-0.3, -0.25) is 4.79 Å². The lowest BCUT2D eigenvalue weighted by atomic mass is 10.2. The Kier molecular flexibility index (Phi) is 6.41. The standard InChI is InChI=1S/C18H28N4O3S/c1-6-12-21(5)18(23)11-10-17-19-15-13-14(26(24,25)20(3)4)8-9-16(15)22(17)7-2/h8-9,13H,6-7,10-12H2,1-5H3. The number of carbonyl (C=O) groups excluding carboxylic acids is 1. The molecule has 7 nitrogen and oxygen atoms in total. The van der Waals surface area contributed by atoms with Crippen LogP contribution in [0.3, 0.4) is 0 Å². The maximum Gasteiger partial charge on any atom is 0.242 e. The molecule has 0 N–H and O–H groups in total. The molecular formula is C18H28N4O3S. The Morgan fingerprint density at radius 1 is 1.19 bits per heavy atom. The summed E-state index contributed by atoms with van der Waals surface area (Å²) in [4.78, 5) is 18.7. The molecule has 0 saturated heterocycles. The third kappa shape index (κ3) is 4.07. The zero-order valence-electron chi connectivity index (χ0n) is 16.2. The lowest BCUT2D eigenvalue weighted by Crippen LogP contribution is -2.27. The molecule has 0 unspecified atom stereocenters. The van der Waals surface area contributed by atoms with E-state index in [1.807, 2.05) is 25.5 Å². The number of benzene rings is 1. The lowest BCUT2D eigenvalue weighted by molar-refractivity contribution is -0.129. The molecule has 1 amide bonds. The Bertz CT molecular complexity index is 887. The highest BCUT2D eigenvalue weighted by Crippen LogP contribution is 2.22. The van der Waals surface area contributed by atoms with Gasteiger partial charge >= 0.3 is 0 Å². The zero-order chi connectivity index (χ0) is 19.5. The number of hydrogen-bond acceptors (Lipinski definition) is 4. The van der Waals surface area contributed by atoms with E-state index in [4.69, 9.17) is 0 Å². The second-order valence-corrected chi connectivity index (χ2v) is 8.68. The van der Waals surface area contributed by atoms with Crippen molar-refractivity contribution in [3.8, 4) is 0 Å². The average Bonchev–Trinajstić information content (AvgIpc) is 2.96. The van der Waals surface area contributed by atoms with Crippen LogP contribution < -0.4 is 0 Å². The van der Waals surface area contributed by atoms with Crippen LogP contribution in [0.15, 0.2) is 23.1 Å². The van der Waals surface area contributed by atoms with Crippen molar-refractivity contribution < 1.29 is 13.2 Å². The highest BCUT2D eigenvalue weighted by Gasteiger charge is 2.20. The minimum absolute atomic E-state index is 0.0948. The van der Waals surface area contributed by atoms with E-state index in [0.29, 0.717) is 24.9 Å². The number of fused-ring (bicyclic) bond motifs is 1. The van der Waals surface area contributed by atoms with Crippen molar-refractivity contribution in [2.24, 2.45) is 0 Å². The van der Waals surface area contributed by atoms with Crippen LogP contribution in [-0.4, -0.2) is 60.8 Å². The topological polar surface area (TPSA) is 75.5 Å². The van der Waals surface area contributed by atoms with Gasteiger partial charge in [0, 0.05) is 47.1 Å². The largest absolute Gasteiger partial charge is 0.346 e. The first kappa shape index (κ1) is 20.4. The minimum atomic E-state index is -3.50. The van der Waals surface area contributed by atoms with Crippen LogP contribution in [0.25, 0.3) is 11.0 Å². The van der Waals surface area contributed by atoms with Gasteiger partial charge in [-0.15, -0.1) is 0 Å². The van der Waals surface area contributed by atoms with Crippen LogP contribution >= 0.6 is 0 Å². The van der Waals surface area contributed by atoms with Gasteiger partial charge in [-0.25, -0.2) is 17.7 Å². The Morgan fingerprint density at radius 3 is 2.46 bits per heavy atom. The first-order valence-corrected chi connectivity index (χ1v) is 10.3. The van der Waals surface area contributed by atoms with Gasteiger partial charge in [0.2, 0.25) is 15.9 Å². The molecule has 2 rings (SSSR count). The second kappa shape index (κ2) is 8.18. The molecule has 0 aliphatic heterocycles. The monoisotopic (exact) mass is 380 g/mol. The summed E-state index contributed by atoms with van der Waals surface area (Å²) >= 11 is 0. The SMILES string of the molecule is CCCN(C)C(=O)CCc1nc2cc(S(=O)(=O)N(C)C)ccc2n1CC. The molecule has 0 atom stereocenters. The van der Waals surface area contributed by atoms with Crippen molar-refractivity contribution in [1.82, 2.24) is 18.8 Å². The van der Waals surface area contributed by atoms with Crippen LogP contribution in [0.4, 0.5) is 0 Å². The van der Waals surface area contributed by atoms with Gasteiger partial charge in [0.25, 0.3) is 0 Å². The van der Waals surface area contributed by atoms with Crippen molar-refractivity contribution in [2.45, 2.75) is 44.6 Å². The van der Waals surface area contributed by atoms with Crippen molar-refractivity contribution in [2.75, 3.05) is 27.7 Å². The first-order chi connectivity index (χ1) is 12.2. The second-order valence-electron chi connectivity index (χ2n) is 6.53. The van der Waals surface area contributed by atoms with E-state index in [1.54, 1.807) is 23.1 Å². The van der Waals surface area contributed by atoms with Gasteiger partial charge in [0.1, 0.15) is 5.82 Å². The third-order valence-corrected chi connectivity index (χ3v) is 6.25. The molecule has 0 aliphatic rings. The number of aryl methyl sites for hydroxylation is 2. The number of carbonyl (C=O) groups is 1. The van der Waals surface area contributed by atoms with E-state index in [0.717, 1.165) is 24.3 Å². The Hall–Kier alpha value is -1.93. The molecule has 1 aromatic heterocycles. The van der Waals surface area contributed by atoms with Gasteiger partial charge < -0.3 is 9.47 Å². The van der Waals surface area contributed by atoms with E-state index >= 15 is 0 Å². The fourth-order valence-corrected chi connectivity index (χ4v) is 3.87. The third-order valence-electron chi connectivity index (χ3n) is 4.44. The molecule has 0 radical (unpaired) electrons. The van der Waals surface area contributed by atoms with E-state index < -0.39 is 10.0 Å². The van der Waals surface area contributed by atoms with Crippen molar-refractivity contribution in [3.05, 3.63) is 24.0 Å². The van der Waals surface area contributed by atoms with E-state index in [2.05, 4.69) is 4.98 Å². The number of aromatic nitrogens is 2. The van der Waals surface area contributed by atoms with E-state index in [9.17, 15) is 13.2 Å². The smallest absolute Gasteiger partial charge is 0.242 e. The molecule has 0 saturated carbocycles. The molecule has 0 aliphatic carbocycles. The summed E-state index contributed by atoms with van der Waals surface area (Å²) in [5.74, 6) is 0.901. The van der Waals surface area contributed by atoms with Gasteiger partial charge in [-0.1, -0.05) is 6.92 Å². The lowest BCUT2D eigenvalue weighted by Gasteiger charge is -2.15. The van der Waals surface area contributed by atoms with Gasteiger partial charge in [0.15, 0.2) is 0 Å². The molecule has 2 aromatic rings. The van der Waals surface area contributed by atoms with E-state index in [1.165, 1.54) is 18.4 Å². The minimum Gasteiger partial charge on any atom is -0.346 e. The zero-order valence-corrected chi connectivity index (χ0v) is 17.0. The Labute approximate surface area is 155 Å². The number of hydrogen-bond donors (Lipinski definition) is 0. The number of imidazole rings is 1. The van der Waals surface area contributed by atoms with Gasteiger partial charge in [0.05, 0.1) is 15.9 Å². The number of sulfonamides is 1. The first-order valence-electron chi connectivity index (χ1n) is 8.88. The summed E-state index contributed by atoms with van der Waals surface area (Å²) in [5, 5.41) is 0. The number of rotatable bonds is 8. The summed E-state index contributed by atoms with van der Waals surface area (Å²) in [6.45, 7) is 5.51. The van der Waals surface area contributed by atoms with Crippen LogP contribution in [0.2, 0.25) is 0 Å². The Balaban J connectivity index is 2.32. The quantitative estimate of drug-likeness (QED) is 0.703. The highest BCUT2D eigenvalue weighted by atomic mass is 32.2. The van der Waals surface area contributed by atoms with Crippen LogP contribution in [0.5, 0.6) is 0 Å².